The van der Waals surface area contributed by atoms with E-state index in [1.165, 1.54) is 19.1 Å². The van der Waals surface area contributed by atoms with Gasteiger partial charge in [0.25, 0.3) is 0 Å². The molecule has 0 amide bonds. The second kappa shape index (κ2) is 6.36. The topological polar surface area (TPSA) is 51.2 Å². The zero-order chi connectivity index (χ0) is 12.8. The summed E-state index contributed by atoms with van der Waals surface area (Å²) in [5.41, 5.74) is -0.499. The summed E-state index contributed by atoms with van der Waals surface area (Å²) in [4.78, 5) is 33.2. The van der Waals surface area contributed by atoms with Crippen LogP contribution < -0.4 is 0 Å². The molecule has 0 aromatic carbocycles. The van der Waals surface area contributed by atoms with Gasteiger partial charge >= 0.3 is 0 Å². The molecular formula is C13H20O3. The molecule has 0 aromatic heterocycles. The van der Waals surface area contributed by atoms with E-state index in [0.29, 0.717) is 19.3 Å². The van der Waals surface area contributed by atoms with Gasteiger partial charge in [0.1, 0.15) is 5.78 Å². The van der Waals surface area contributed by atoms with Gasteiger partial charge in [0.15, 0.2) is 11.6 Å². The molecule has 0 saturated heterocycles. The van der Waals surface area contributed by atoms with E-state index in [1.54, 1.807) is 6.92 Å². The molecule has 0 aliphatic carbocycles. The summed E-state index contributed by atoms with van der Waals surface area (Å²) in [6.45, 7) is 6.62. The van der Waals surface area contributed by atoms with Crippen LogP contribution in [0.15, 0.2) is 12.2 Å². The predicted molar refractivity (Wildman–Crippen MR) is 63.1 cm³/mol. The first kappa shape index (κ1) is 14.8. The van der Waals surface area contributed by atoms with Crippen molar-refractivity contribution in [2.75, 3.05) is 0 Å². The van der Waals surface area contributed by atoms with E-state index >= 15 is 0 Å². The predicted octanol–water partition coefficient (Wildman–Crippen LogP) is 2.49. The minimum Gasteiger partial charge on any atom is -0.300 e. The lowest BCUT2D eigenvalue weighted by Gasteiger charge is -2.20. The third-order valence-corrected chi connectivity index (χ3v) is 2.47. The summed E-state index contributed by atoms with van der Waals surface area (Å²) >= 11 is 0. The minimum atomic E-state index is -0.499. The zero-order valence-electron chi connectivity index (χ0n) is 10.5. The molecular weight excluding hydrogens is 204 g/mol. The number of hydrogen-bond acceptors (Lipinski definition) is 3. The van der Waals surface area contributed by atoms with Gasteiger partial charge in [-0.2, -0.15) is 0 Å². The van der Waals surface area contributed by atoms with Crippen LogP contribution in [0.1, 0.15) is 47.0 Å². The second-order valence-electron chi connectivity index (χ2n) is 4.75. The maximum Gasteiger partial charge on any atom is 0.161 e. The first-order valence-electron chi connectivity index (χ1n) is 5.48. The molecule has 0 radical (unpaired) electrons. The third kappa shape index (κ3) is 6.27. The van der Waals surface area contributed by atoms with E-state index < -0.39 is 5.41 Å². The Morgan fingerprint density at radius 1 is 1.06 bits per heavy atom. The summed E-state index contributed by atoms with van der Waals surface area (Å²) in [5.74, 6) is -0.0540. The third-order valence-electron chi connectivity index (χ3n) is 2.47. The molecule has 0 bridgehead atoms. The van der Waals surface area contributed by atoms with Crippen LogP contribution >= 0.6 is 0 Å². The molecule has 0 heterocycles. The largest absolute Gasteiger partial charge is 0.300 e. The van der Waals surface area contributed by atoms with Gasteiger partial charge in [-0.05, 0) is 38.8 Å². The molecule has 0 aromatic rings. The number of carbonyl (C=O) groups excluding carboxylic acids is 3. The SMILES string of the molecule is CC(=O)C=CC(=O)C(C)(C)CCCC(C)=O. The van der Waals surface area contributed by atoms with E-state index in [4.69, 9.17) is 0 Å². The average Bonchev–Trinajstić information content (AvgIpc) is 2.12. The standard InChI is InChI=1S/C13H20O3/c1-10(14)6-5-9-13(3,4)12(16)8-7-11(2)15/h7-8H,5-6,9H2,1-4H3. The smallest absolute Gasteiger partial charge is 0.161 e. The van der Waals surface area contributed by atoms with Crippen molar-refractivity contribution < 1.29 is 14.4 Å². The van der Waals surface area contributed by atoms with Gasteiger partial charge in [-0.25, -0.2) is 0 Å². The van der Waals surface area contributed by atoms with E-state index in [1.807, 2.05) is 13.8 Å². The van der Waals surface area contributed by atoms with Crippen LogP contribution in [0.4, 0.5) is 0 Å². The summed E-state index contributed by atoms with van der Waals surface area (Å²) in [5, 5.41) is 0. The average molecular weight is 224 g/mol. The molecule has 3 heteroatoms. The number of hydrogen-bond donors (Lipinski definition) is 0. The molecule has 16 heavy (non-hydrogen) atoms. The maximum atomic E-state index is 11.7. The number of rotatable bonds is 7. The van der Waals surface area contributed by atoms with E-state index in [9.17, 15) is 14.4 Å². The summed E-state index contributed by atoms with van der Waals surface area (Å²) < 4.78 is 0. The van der Waals surface area contributed by atoms with Crippen LogP contribution in [-0.4, -0.2) is 17.3 Å². The molecule has 0 spiro atoms. The Hall–Kier alpha value is -1.25. The van der Waals surface area contributed by atoms with Crippen molar-refractivity contribution in [1.82, 2.24) is 0 Å². The fourth-order valence-corrected chi connectivity index (χ4v) is 1.32. The highest BCUT2D eigenvalue weighted by atomic mass is 16.1. The number of carbonyl (C=O) groups is 3. The molecule has 0 unspecified atom stereocenters. The molecule has 0 aliphatic heterocycles. The highest BCUT2D eigenvalue weighted by Crippen LogP contribution is 2.25. The Morgan fingerprint density at radius 2 is 1.62 bits per heavy atom. The monoisotopic (exact) mass is 224 g/mol. The highest BCUT2D eigenvalue weighted by molar-refractivity contribution is 6.00. The van der Waals surface area contributed by atoms with Crippen molar-refractivity contribution in [1.29, 1.82) is 0 Å². The summed E-state index contributed by atoms with van der Waals surface area (Å²) in [6.07, 6.45) is 4.49. The first-order chi connectivity index (χ1) is 7.25. The van der Waals surface area contributed by atoms with Crippen molar-refractivity contribution in [3.8, 4) is 0 Å². The molecule has 90 valence electrons. The number of allylic oxidation sites excluding steroid dienone is 2. The zero-order valence-corrected chi connectivity index (χ0v) is 10.5. The van der Waals surface area contributed by atoms with Crippen LogP contribution in [-0.2, 0) is 14.4 Å². The number of Topliss-reactive ketones (excluding diaryl/α,β-unsaturated/α-hetero) is 1. The molecule has 0 saturated carbocycles. The van der Waals surface area contributed by atoms with Crippen LogP contribution in [0.5, 0.6) is 0 Å². The molecule has 0 aliphatic rings. The lowest BCUT2D eigenvalue weighted by molar-refractivity contribution is -0.123. The molecule has 3 nitrogen and oxygen atoms in total. The number of ketones is 3. The van der Waals surface area contributed by atoms with Gasteiger partial charge in [-0.1, -0.05) is 13.8 Å². The molecule has 0 atom stereocenters. The lowest BCUT2D eigenvalue weighted by atomic mass is 9.82. The summed E-state index contributed by atoms with van der Waals surface area (Å²) in [7, 11) is 0. The highest BCUT2D eigenvalue weighted by Gasteiger charge is 2.24. The van der Waals surface area contributed by atoms with E-state index in [0.717, 1.165) is 0 Å². The molecule has 0 N–H and O–H groups in total. The normalized spacial score (nSPS) is 11.8. The van der Waals surface area contributed by atoms with Gasteiger partial charge in [0, 0.05) is 11.8 Å². The first-order valence-corrected chi connectivity index (χ1v) is 5.48. The Balaban J connectivity index is 4.25. The van der Waals surface area contributed by atoms with E-state index in [2.05, 4.69) is 0 Å². The van der Waals surface area contributed by atoms with Gasteiger partial charge in [-0.3, -0.25) is 9.59 Å². The van der Waals surface area contributed by atoms with Gasteiger partial charge in [0.2, 0.25) is 0 Å². The van der Waals surface area contributed by atoms with Crippen molar-refractivity contribution in [3.05, 3.63) is 12.2 Å². The maximum absolute atomic E-state index is 11.7. The van der Waals surface area contributed by atoms with Gasteiger partial charge in [0.05, 0.1) is 0 Å². The van der Waals surface area contributed by atoms with Gasteiger partial charge in [-0.15, -0.1) is 0 Å². The fourth-order valence-electron chi connectivity index (χ4n) is 1.32. The van der Waals surface area contributed by atoms with Crippen LogP contribution in [0, 0.1) is 5.41 Å². The van der Waals surface area contributed by atoms with Crippen molar-refractivity contribution in [2.45, 2.75) is 47.0 Å². The Kier molecular flexibility index (Phi) is 5.86. The quantitative estimate of drug-likeness (QED) is 0.624. The molecule has 0 fully saturated rings. The second-order valence-corrected chi connectivity index (χ2v) is 4.75. The Labute approximate surface area is 96.9 Å². The van der Waals surface area contributed by atoms with E-state index in [-0.39, 0.29) is 17.3 Å². The molecule has 0 rings (SSSR count). The Morgan fingerprint density at radius 3 is 2.06 bits per heavy atom. The lowest BCUT2D eigenvalue weighted by Crippen LogP contribution is -2.22. The van der Waals surface area contributed by atoms with Crippen LogP contribution in [0.25, 0.3) is 0 Å². The van der Waals surface area contributed by atoms with Crippen LogP contribution in [0.3, 0.4) is 0 Å². The summed E-state index contributed by atoms with van der Waals surface area (Å²) in [6, 6.07) is 0. The van der Waals surface area contributed by atoms with Crippen molar-refractivity contribution >= 4 is 17.3 Å². The van der Waals surface area contributed by atoms with Crippen molar-refractivity contribution in [3.63, 3.8) is 0 Å². The minimum absolute atomic E-state index is 0.0637. The van der Waals surface area contributed by atoms with Crippen LogP contribution in [0.2, 0.25) is 0 Å². The fraction of sp³-hybridized carbons (Fsp3) is 0.615. The van der Waals surface area contributed by atoms with Crippen molar-refractivity contribution in [2.24, 2.45) is 5.41 Å². The van der Waals surface area contributed by atoms with Gasteiger partial charge < -0.3 is 4.79 Å². The Bertz CT molecular complexity index is 311.